The van der Waals surface area contributed by atoms with Gasteiger partial charge in [0.05, 0.1) is 5.57 Å². The van der Waals surface area contributed by atoms with Crippen LogP contribution in [0.15, 0.2) is 42.1 Å². The Morgan fingerprint density at radius 3 is 2.58 bits per heavy atom. The lowest BCUT2D eigenvalue weighted by Crippen LogP contribution is -2.69. The zero-order valence-corrected chi connectivity index (χ0v) is 19.1. The SMILES string of the molecule is CC1S[C@@H]2C(NC(=O)C(OC=O)c3ccccc3)C(=O)N2C=C1C(=O)OCC(Cl)(Cl)Cl. The number of nitrogens with zero attached hydrogens (tertiary/aromatic N) is 1. The molecule has 4 atom stereocenters. The summed E-state index contributed by atoms with van der Waals surface area (Å²) in [5, 5.41) is 1.86. The van der Waals surface area contributed by atoms with E-state index >= 15 is 0 Å². The van der Waals surface area contributed by atoms with Gasteiger partial charge in [0.2, 0.25) is 9.90 Å². The summed E-state index contributed by atoms with van der Waals surface area (Å²) in [6.07, 6.45) is 0.197. The highest BCUT2D eigenvalue weighted by atomic mass is 35.6. The zero-order chi connectivity index (χ0) is 22.8. The fourth-order valence-corrected chi connectivity index (χ4v) is 4.61. The summed E-state index contributed by atoms with van der Waals surface area (Å²) >= 11 is 18.1. The lowest BCUT2D eigenvalue weighted by Gasteiger charge is -2.48. The van der Waals surface area contributed by atoms with Crippen LogP contribution in [0.25, 0.3) is 0 Å². The van der Waals surface area contributed by atoms with E-state index in [-0.39, 0.29) is 17.3 Å². The minimum atomic E-state index is -1.75. The number of carbonyl (C=O) groups excluding carboxylic acids is 4. The fraction of sp³-hybridized carbons (Fsp3) is 0.368. The number of halogens is 3. The first-order chi connectivity index (χ1) is 14.6. The van der Waals surface area contributed by atoms with Gasteiger partial charge in [-0.3, -0.25) is 14.4 Å². The Morgan fingerprint density at radius 2 is 1.97 bits per heavy atom. The monoisotopic (exact) mass is 506 g/mol. The van der Waals surface area contributed by atoms with Gasteiger partial charge >= 0.3 is 5.97 Å². The van der Waals surface area contributed by atoms with Gasteiger partial charge in [0.25, 0.3) is 18.3 Å². The van der Waals surface area contributed by atoms with Crippen LogP contribution in [0.4, 0.5) is 0 Å². The molecule has 0 saturated carbocycles. The highest BCUT2D eigenvalue weighted by Gasteiger charge is 2.52. The molecule has 0 bridgehead atoms. The lowest BCUT2D eigenvalue weighted by molar-refractivity contribution is -0.151. The zero-order valence-electron chi connectivity index (χ0n) is 16.0. The minimum Gasteiger partial charge on any atom is -0.458 e. The van der Waals surface area contributed by atoms with Gasteiger partial charge in [-0.05, 0) is 6.92 Å². The lowest BCUT2D eigenvalue weighted by atomic mass is 10.0. The smallest absolute Gasteiger partial charge is 0.336 e. The van der Waals surface area contributed by atoms with Crippen molar-refractivity contribution in [3.05, 3.63) is 47.7 Å². The molecular weight excluding hydrogens is 491 g/mol. The van der Waals surface area contributed by atoms with Crippen LogP contribution in [-0.4, -0.2) is 56.2 Å². The average molecular weight is 508 g/mol. The highest BCUT2D eigenvalue weighted by molar-refractivity contribution is 8.00. The molecule has 2 aliphatic rings. The number of rotatable bonds is 7. The quantitative estimate of drug-likeness (QED) is 0.262. The number of hydrogen-bond donors (Lipinski definition) is 1. The van der Waals surface area contributed by atoms with Crippen LogP contribution in [0.5, 0.6) is 0 Å². The van der Waals surface area contributed by atoms with E-state index in [9.17, 15) is 19.2 Å². The van der Waals surface area contributed by atoms with Gasteiger partial charge in [0.15, 0.2) is 0 Å². The van der Waals surface area contributed by atoms with Gasteiger partial charge in [0, 0.05) is 17.0 Å². The number of thioether (sulfide) groups is 1. The molecule has 0 spiro atoms. The molecule has 1 aromatic rings. The molecule has 0 aromatic heterocycles. The summed E-state index contributed by atoms with van der Waals surface area (Å²) in [7, 11) is 0. The number of benzene rings is 1. The molecule has 12 heteroatoms. The van der Waals surface area contributed by atoms with E-state index in [0.717, 1.165) is 0 Å². The molecule has 8 nitrogen and oxygen atoms in total. The Morgan fingerprint density at radius 1 is 1.29 bits per heavy atom. The first-order valence-corrected chi connectivity index (χ1v) is 11.1. The molecule has 1 N–H and O–H groups in total. The Kier molecular flexibility index (Phi) is 7.41. The molecule has 2 aliphatic heterocycles. The van der Waals surface area contributed by atoms with Gasteiger partial charge in [-0.1, -0.05) is 65.1 Å². The standard InChI is InChI=1S/C19H17Cl3N2O6S/c1-10-12(18(28)29-8-19(20,21)22)7-24-16(27)13(17(24)31-10)23-15(26)14(30-9-25)11-5-3-2-4-6-11/h2-7,9-10,13-14,17H,8H2,1H3,(H,23,26)/t10?,13?,14?,17-/m1/s1. The van der Waals surface area contributed by atoms with Crippen molar-refractivity contribution in [2.75, 3.05) is 6.61 Å². The molecule has 31 heavy (non-hydrogen) atoms. The van der Waals surface area contributed by atoms with Crippen molar-refractivity contribution >= 4 is 70.8 Å². The van der Waals surface area contributed by atoms with E-state index in [1.807, 2.05) is 0 Å². The van der Waals surface area contributed by atoms with E-state index in [2.05, 4.69) is 5.32 Å². The molecule has 1 aromatic carbocycles. The average Bonchev–Trinajstić information content (AvgIpc) is 2.73. The molecule has 1 fully saturated rings. The van der Waals surface area contributed by atoms with Crippen LogP contribution in [0.3, 0.4) is 0 Å². The molecule has 3 unspecified atom stereocenters. The largest absolute Gasteiger partial charge is 0.458 e. The predicted molar refractivity (Wildman–Crippen MR) is 115 cm³/mol. The first-order valence-electron chi connectivity index (χ1n) is 9.00. The Bertz CT molecular complexity index is 908. The summed E-state index contributed by atoms with van der Waals surface area (Å²) < 4.78 is 8.16. The maximum Gasteiger partial charge on any atom is 0.336 e. The van der Waals surface area contributed by atoms with Crippen LogP contribution >= 0.6 is 46.6 Å². The third kappa shape index (κ3) is 5.46. The van der Waals surface area contributed by atoms with E-state index in [0.29, 0.717) is 5.56 Å². The van der Waals surface area contributed by atoms with E-state index in [4.69, 9.17) is 44.3 Å². The number of carbonyl (C=O) groups is 4. The molecule has 1 saturated heterocycles. The molecule has 3 rings (SSSR count). The van der Waals surface area contributed by atoms with E-state index < -0.39 is 45.7 Å². The summed E-state index contributed by atoms with van der Waals surface area (Å²) in [4.78, 5) is 49.7. The maximum absolute atomic E-state index is 12.7. The summed E-state index contributed by atoms with van der Waals surface area (Å²) in [6.45, 7) is 1.51. The number of hydrogen-bond acceptors (Lipinski definition) is 7. The van der Waals surface area contributed by atoms with Crippen molar-refractivity contribution in [3.8, 4) is 0 Å². The third-order valence-electron chi connectivity index (χ3n) is 4.57. The van der Waals surface area contributed by atoms with E-state index in [1.165, 1.54) is 22.9 Å². The molecule has 2 heterocycles. The number of ether oxygens (including phenoxy) is 2. The van der Waals surface area contributed by atoms with Crippen molar-refractivity contribution in [3.63, 3.8) is 0 Å². The Labute approximate surface area is 197 Å². The van der Waals surface area contributed by atoms with Gasteiger partial charge < -0.3 is 19.7 Å². The second kappa shape index (κ2) is 9.68. The van der Waals surface area contributed by atoms with Crippen LogP contribution in [0.2, 0.25) is 0 Å². The molecule has 0 aliphatic carbocycles. The number of amides is 2. The first kappa shape index (κ1) is 23.7. The molecular formula is C19H17Cl3N2O6S. The predicted octanol–water partition coefficient (Wildman–Crippen LogP) is 2.49. The van der Waals surface area contributed by atoms with Gasteiger partial charge in [-0.15, -0.1) is 11.8 Å². The topological polar surface area (TPSA) is 102 Å². The molecule has 2 amide bonds. The van der Waals surface area contributed by atoms with Crippen LogP contribution in [-0.2, 0) is 28.7 Å². The fourth-order valence-electron chi connectivity index (χ4n) is 3.09. The second-order valence-corrected chi connectivity index (χ2v) is 10.7. The number of alkyl halides is 3. The number of esters is 1. The van der Waals surface area contributed by atoms with Crippen LogP contribution < -0.4 is 5.32 Å². The van der Waals surface area contributed by atoms with Crippen LogP contribution in [0.1, 0.15) is 18.6 Å². The van der Waals surface area contributed by atoms with Crippen molar-refractivity contribution in [1.29, 1.82) is 0 Å². The third-order valence-corrected chi connectivity index (χ3v) is 6.34. The second-order valence-electron chi connectivity index (χ2n) is 6.70. The van der Waals surface area contributed by atoms with Crippen molar-refractivity contribution in [1.82, 2.24) is 10.2 Å². The summed E-state index contributed by atoms with van der Waals surface area (Å²) in [5.41, 5.74) is 0.708. The highest BCUT2D eigenvalue weighted by Crippen LogP contribution is 2.41. The van der Waals surface area contributed by atoms with Crippen molar-refractivity contribution < 1.29 is 28.7 Å². The molecule has 0 radical (unpaired) electrons. The van der Waals surface area contributed by atoms with Crippen LogP contribution in [0, 0.1) is 0 Å². The number of β-lactam (4-membered cyclic amide) rings is 1. The van der Waals surface area contributed by atoms with E-state index in [1.54, 1.807) is 37.3 Å². The Hall–Kier alpha value is -1.94. The molecule has 166 valence electrons. The normalized spacial score (nSPS) is 23.6. The van der Waals surface area contributed by atoms with Gasteiger partial charge in [-0.2, -0.15) is 0 Å². The van der Waals surface area contributed by atoms with Gasteiger partial charge in [-0.25, -0.2) is 4.79 Å². The summed E-state index contributed by atoms with van der Waals surface area (Å²) in [5.74, 6) is -1.74. The van der Waals surface area contributed by atoms with Crippen molar-refractivity contribution in [2.24, 2.45) is 0 Å². The van der Waals surface area contributed by atoms with Gasteiger partial charge in [0.1, 0.15) is 18.0 Å². The maximum atomic E-state index is 12.7. The minimum absolute atomic E-state index is 0.182. The number of fused-ring (bicyclic) bond motifs is 1. The van der Waals surface area contributed by atoms with Crippen molar-refractivity contribution in [2.45, 2.75) is 33.5 Å². The summed E-state index contributed by atoms with van der Waals surface area (Å²) in [6, 6.07) is 7.60. The Balaban J connectivity index is 1.67. The number of nitrogens with one attached hydrogen (secondary N) is 1.